The van der Waals surface area contributed by atoms with Crippen LogP contribution in [0.25, 0.3) is 0 Å². The molecule has 3 heterocycles. The Kier molecular flexibility index (Phi) is 5.04. The molecule has 3 rings (SSSR count). The van der Waals surface area contributed by atoms with E-state index < -0.39 is 0 Å². The van der Waals surface area contributed by atoms with E-state index in [1.54, 1.807) is 0 Å². The van der Waals surface area contributed by atoms with E-state index in [1.165, 1.54) is 37.9 Å². The average molecular weight is 289 g/mol. The number of hydrogen-bond acceptors (Lipinski definition) is 5. The van der Waals surface area contributed by atoms with E-state index in [0.29, 0.717) is 6.04 Å². The number of nitrogens with one attached hydrogen (secondary N) is 1. The van der Waals surface area contributed by atoms with Gasteiger partial charge < -0.3 is 10.2 Å². The van der Waals surface area contributed by atoms with Crippen LogP contribution in [0.4, 0.5) is 5.95 Å². The van der Waals surface area contributed by atoms with Crippen LogP contribution in [0.3, 0.4) is 0 Å². The number of hydrogen-bond donors (Lipinski definition) is 1. The fourth-order valence-corrected chi connectivity index (χ4v) is 3.34. The molecule has 0 radical (unpaired) electrons. The molecule has 5 heteroatoms. The van der Waals surface area contributed by atoms with Gasteiger partial charge in [0.1, 0.15) is 0 Å². The van der Waals surface area contributed by atoms with Gasteiger partial charge in [0.15, 0.2) is 0 Å². The van der Waals surface area contributed by atoms with Gasteiger partial charge >= 0.3 is 0 Å². The topological polar surface area (TPSA) is 44.3 Å². The number of aromatic nitrogens is 2. The highest BCUT2D eigenvalue weighted by molar-refractivity contribution is 5.32. The van der Waals surface area contributed by atoms with Crippen molar-refractivity contribution in [1.29, 1.82) is 0 Å². The molecular formula is C16H27N5. The summed E-state index contributed by atoms with van der Waals surface area (Å²) < 4.78 is 0. The van der Waals surface area contributed by atoms with Crippen molar-refractivity contribution in [3.05, 3.63) is 18.0 Å². The lowest BCUT2D eigenvalue weighted by molar-refractivity contribution is 0.260. The van der Waals surface area contributed by atoms with Crippen molar-refractivity contribution in [3.63, 3.8) is 0 Å². The Bertz CT molecular complexity index is 427. The lowest BCUT2D eigenvalue weighted by Crippen LogP contribution is -2.35. The molecule has 0 saturated carbocycles. The van der Waals surface area contributed by atoms with Crippen molar-refractivity contribution >= 4 is 5.95 Å². The molecule has 2 aliphatic heterocycles. The van der Waals surface area contributed by atoms with Crippen LogP contribution in [-0.4, -0.2) is 53.6 Å². The zero-order valence-electron chi connectivity index (χ0n) is 13.1. The van der Waals surface area contributed by atoms with Crippen LogP contribution >= 0.6 is 0 Å². The van der Waals surface area contributed by atoms with Crippen molar-refractivity contribution in [2.45, 2.75) is 45.2 Å². The smallest absolute Gasteiger partial charge is 0.225 e. The molecule has 116 valence electrons. The van der Waals surface area contributed by atoms with Gasteiger partial charge in [-0.1, -0.05) is 6.92 Å². The first kappa shape index (κ1) is 14.7. The third kappa shape index (κ3) is 3.71. The van der Waals surface area contributed by atoms with Crippen LogP contribution in [0.15, 0.2) is 12.4 Å². The van der Waals surface area contributed by atoms with Crippen LogP contribution in [0.1, 0.15) is 38.2 Å². The molecule has 2 aliphatic rings. The second kappa shape index (κ2) is 7.18. The van der Waals surface area contributed by atoms with E-state index in [-0.39, 0.29) is 0 Å². The minimum atomic E-state index is 0.710. The molecule has 2 saturated heterocycles. The maximum atomic E-state index is 4.56. The summed E-state index contributed by atoms with van der Waals surface area (Å²) in [5.74, 6) is 0.899. The van der Waals surface area contributed by atoms with Crippen LogP contribution in [0.2, 0.25) is 0 Å². The van der Waals surface area contributed by atoms with Crippen molar-refractivity contribution < 1.29 is 0 Å². The first-order chi connectivity index (χ1) is 10.4. The second-order valence-electron chi connectivity index (χ2n) is 6.20. The van der Waals surface area contributed by atoms with E-state index in [1.807, 2.05) is 12.4 Å². The Morgan fingerprint density at radius 3 is 2.67 bits per heavy atom. The fourth-order valence-electron chi connectivity index (χ4n) is 3.34. The third-order valence-electron chi connectivity index (χ3n) is 4.55. The van der Waals surface area contributed by atoms with Gasteiger partial charge in [-0.25, -0.2) is 9.97 Å². The summed E-state index contributed by atoms with van der Waals surface area (Å²) in [5.41, 5.74) is 1.17. The summed E-state index contributed by atoms with van der Waals surface area (Å²) in [6.45, 7) is 8.83. The molecule has 5 nitrogen and oxygen atoms in total. The first-order valence-corrected chi connectivity index (χ1v) is 8.37. The van der Waals surface area contributed by atoms with Gasteiger partial charge in [-0.3, -0.25) is 4.90 Å². The molecular weight excluding hydrogens is 262 g/mol. The standard InChI is InChI=1S/C16H27N5/c1-2-6-17-10-14-11-18-16(19-12-14)21-9-5-15(13-21)20-7-3-4-8-20/h11-12,15,17H,2-10,13H2,1H3. The van der Waals surface area contributed by atoms with Gasteiger partial charge in [0.25, 0.3) is 0 Å². The monoisotopic (exact) mass is 289 g/mol. The summed E-state index contributed by atoms with van der Waals surface area (Å²) in [4.78, 5) is 14.1. The van der Waals surface area contributed by atoms with Crippen molar-refractivity contribution in [2.24, 2.45) is 0 Å². The summed E-state index contributed by atoms with van der Waals surface area (Å²) >= 11 is 0. The molecule has 0 bridgehead atoms. The van der Waals surface area contributed by atoms with Gasteiger partial charge in [-0.05, 0) is 45.3 Å². The predicted molar refractivity (Wildman–Crippen MR) is 85.5 cm³/mol. The third-order valence-corrected chi connectivity index (χ3v) is 4.55. The quantitative estimate of drug-likeness (QED) is 0.807. The summed E-state index contributed by atoms with van der Waals surface area (Å²) in [7, 11) is 0. The molecule has 1 atom stereocenters. The molecule has 1 N–H and O–H groups in total. The maximum Gasteiger partial charge on any atom is 0.225 e. The maximum absolute atomic E-state index is 4.56. The number of likely N-dealkylation sites (tertiary alicyclic amines) is 1. The summed E-state index contributed by atoms with van der Waals surface area (Å²) in [6.07, 6.45) is 9.08. The SMILES string of the molecule is CCCNCc1cnc(N2CCC(N3CCCC3)C2)nc1. The van der Waals surface area contributed by atoms with E-state index in [4.69, 9.17) is 0 Å². The normalized spacial score (nSPS) is 23.1. The number of rotatable bonds is 6. The zero-order valence-corrected chi connectivity index (χ0v) is 13.1. The molecule has 1 aromatic rings. The Morgan fingerprint density at radius 1 is 1.19 bits per heavy atom. The fraction of sp³-hybridized carbons (Fsp3) is 0.750. The van der Waals surface area contributed by atoms with Crippen LogP contribution in [0, 0.1) is 0 Å². The molecule has 2 fully saturated rings. The molecule has 21 heavy (non-hydrogen) atoms. The molecule has 0 amide bonds. The summed E-state index contributed by atoms with van der Waals surface area (Å²) in [6, 6.07) is 0.710. The van der Waals surface area contributed by atoms with Crippen molar-refractivity contribution in [1.82, 2.24) is 20.2 Å². The van der Waals surface area contributed by atoms with Crippen LogP contribution < -0.4 is 10.2 Å². The van der Waals surface area contributed by atoms with Gasteiger partial charge in [-0.15, -0.1) is 0 Å². The first-order valence-electron chi connectivity index (χ1n) is 8.37. The average Bonchev–Trinajstić information content (AvgIpc) is 3.19. The van der Waals surface area contributed by atoms with E-state index in [0.717, 1.165) is 38.5 Å². The lowest BCUT2D eigenvalue weighted by atomic mass is 10.2. The highest BCUT2D eigenvalue weighted by Crippen LogP contribution is 2.22. The Balaban J connectivity index is 1.52. The Hall–Kier alpha value is -1.20. The van der Waals surface area contributed by atoms with E-state index >= 15 is 0 Å². The van der Waals surface area contributed by atoms with Gasteiger partial charge in [0.2, 0.25) is 5.95 Å². The number of nitrogens with zero attached hydrogens (tertiary/aromatic N) is 4. The molecule has 0 aliphatic carbocycles. The van der Waals surface area contributed by atoms with Crippen molar-refractivity contribution in [2.75, 3.05) is 37.6 Å². The van der Waals surface area contributed by atoms with Crippen LogP contribution in [0.5, 0.6) is 0 Å². The number of anilines is 1. The Morgan fingerprint density at radius 2 is 1.95 bits per heavy atom. The molecule has 1 aromatic heterocycles. The predicted octanol–water partition coefficient (Wildman–Crippen LogP) is 1.65. The van der Waals surface area contributed by atoms with Gasteiger partial charge in [0.05, 0.1) is 0 Å². The van der Waals surface area contributed by atoms with E-state index in [2.05, 4.69) is 32.0 Å². The molecule has 0 aromatic carbocycles. The van der Waals surface area contributed by atoms with Gasteiger partial charge in [-0.2, -0.15) is 0 Å². The summed E-state index contributed by atoms with van der Waals surface area (Å²) in [5, 5.41) is 3.38. The van der Waals surface area contributed by atoms with Crippen molar-refractivity contribution in [3.8, 4) is 0 Å². The van der Waals surface area contributed by atoms with Gasteiger partial charge in [0, 0.05) is 43.6 Å². The minimum absolute atomic E-state index is 0.710. The minimum Gasteiger partial charge on any atom is -0.339 e. The second-order valence-corrected chi connectivity index (χ2v) is 6.20. The highest BCUT2D eigenvalue weighted by atomic mass is 15.3. The van der Waals surface area contributed by atoms with E-state index in [9.17, 15) is 0 Å². The van der Waals surface area contributed by atoms with Crippen LogP contribution in [-0.2, 0) is 6.54 Å². The largest absolute Gasteiger partial charge is 0.339 e. The lowest BCUT2D eigenvalue weighted by Gasteiger charge is -2.23. The molecule has 0 spiro atoms. The Labute approximate surface area is 127 Å². The molecule has 1 unspecified atom stereocenters. The highest BCUT2D eigenvalue weighted by Gasteiger charge is 2.30. The zero-order chi connectivity index (χ0) is 14.5.